The first-order chi connectivity index (χ1) is 9.15. The van der Waals surface area contributed by atoms with Crippen molar-refractivity contribution in [2.24, 2.45) is 17.6 Å². The number of carbonyl (C=O) groups excluding carboxylic acids is 2. The molecule has 0 spiro atoms. The molecule has 0 bridgehead atoms. The van der Waals surface area contributed by atoms with Crippen LogP contribution in [0.3, 0.4) is 0 Å². The van der Waals surface area contributed by atoms with E-state index in [2.05, 4.69) is 10.3 Å². The molecular formula is C13H15N3O3. The average Bonchev–Trinajstić information content (AvgIpc) is 2.88. The molecule has 3 N–H and O–H groups in total. The third kappa shape index (κ3) is 1.79. The lowest BCUT2D eigenvalue weighted by Crippen LogP contribution is -2.24. The summed E-state index contributed by atoms with van der Waals surface area (Å²) in [6, 6.07) is 1.58. The molecular weight excluding hydrogens is 246 g/mol. The van der Waals surface area contributed by atoms with Gasteiger partial charge in [-0.05, 0) is 23.8 Å². The van der Waals surface area contributed by atoms with Crippen molar-refractivity contribution in [3.63, 3.8) is 0 Å². The normalized spacial score (nSPS) is 27.7. The lowest BCUT2D eigenvalue weighted by Gasteiger charge is -2.13. The van der Waals surface area contributed by atoms with Crippen molar-refractivity contribution in [1.29, 1.82) is 0 Å². The molecule has 0 radical (unpaired) electrons. The Balaban J connectivity index is 2.08. The Morgan fingerprint density at radius 1 is 1.42 bits per heavy atom. The van der Waals surface area contributed by atoms with Crippen LogP contribution in [0, 0.1) is 11.8 Å². The molecule has 1 aromatic rings. The Hall–Kier alpha value is -1.95. The second-order valence-electron chi connectivity index (χ2n) is 4.96. The van der Waals surface area contributed by atoms with Gasteiger partial charge in [0.05, 0.1) is 13.2 Å². The topological polar surface area (TPSA) is 94.3 Å². The van der Waals surface area contributed by atoms with Gasteiger partial charge >= 0.3 is 0 Å². The van der Waals surface area contributed by atoms with Gasteiger partial charge in [-0.25, -0.2) is 0 Å². The van der Waals surface area contributed by atoms with Crippen LogP contribution in [0.25, 0.3) is 0 Å². The summed E-state index contributed by atoms with van der Waals surface area (Å²) < 4.78 is 5.35. The molecule has 2 aliphatic rings. The number of carbonyl (C=O) groups is 2. The number of amides is 2. The fourth-order valence-corrected chi connectivity index (χ4v) is 2.99. The highest BCUT2D eigenvalue weighted by atomic mass is 16.5. The maximum atomic E-state index is 11.9. The fourth-order valence-electron chi connectivity index (χ4n) is 2.99. The van der Waals surface area contributed by atoms with Gasteiger partial charge in [0.25, 0.3) is 5.91 Å². The van der Waals surface area contributed by atoms with Crippen molar-refractivity contribution in [1.82, 2.24) is 10.3 Å². The first-order valence-corrected chi connectivity index (χ1v) is 6.23. The number of nitrogens with zero attached hydrogens (tertiary/aromatic N) is 1. The van der Waals surface area contributed by atoms with E-state index in [-0.39, 0.29) is 11.8 Å². The Morgan fingerprint density at radius 3 is 2.68 bits per heavy atom. The van der Waals surface area contributed by atoms with Crippen molar-refractivity contribution in [3.8, 4) is 0 Å². The van der Waals surface area contributed by atoms with Gasteiger partial charge in [0, 0.05) is 24.4 Å². The van der Waals surface area contributed by atoms with E-state index in [1.165, 1.54) is 6.20 Å². The van der Waals surface area contributed by atoms with Crippen LogP contribution < -0.4 is 11.1 Å². The van der Waals surface area contributed by atoms with Gasteiger partial charge in [-0.1, -0.05) is 0 Å². The second kappa shape index (κ2) is 4.31. The van der Waals surface area contributed by atoms with Gasteiger partial charge in [-0.15, -0.1) is 0 Å². The Kier molecular flexibility index (Phi) is 2.74. The Morgan fingerprint density at radius 2 is 2.11 bits per heavy atom. The number of nitrogens with two attached hydrogens (primary N) is 1. The molecule has 6 nitrogen and oxygen atoms in total. The van der Waals surface area contributed by atoms with Crippen molar-refractivity contribution in [2.45, 2.75) is 5.92 Å². The molecule has 1 aliphatic heterocycles. The molecule has 1 aromatic heterocycles. The van der Waals surface area contributed by atoms with Gasteiger partial charge < -0.3 is 15.8 Å². The zero-order valence-electron chi connectivity index (χ0n) is 10.6. The minimum atomic E-state index is -0.520. The minimum Gasteiger partial charge on any atom is -0.381 e. The predicted molar refractivity (Wildman–Crippen MR) is 66.7 cm³/mol. The summed E-state index contributed by atoms with van der Waals surface area (Å²) in [5, 5.41) is 2.55. The van der Waals surface area contributed by atoms with Crippen LogP contribution in [0.4, 0.5) is 0 Å². The Labute approximate surface area is 110 Å². The number of ether oxygens (including phenoxy) is 1. The monoisotopic (exact) mass is 261 g/mol. The molecule has 1 unspecified atom stereocenters. The molecule has 6 heteroatoms. The molecule has 2 amide bonds. The largest absolute Gasteiger partial charge is 0.381 e. The number of rotatable bonds is 3. The maximum Gasteiger partial charge on any atom is 0.269 e. The summed E-state index contributed by atoms with van der Waals surface area (Å²) in [6.07, 6.45) is 1.45. The summed E-state index contributed by atoms with van der Waals surface area (Å²) in [5.41, 5.74) is 6.80. The molecule has 2 heterocycles. The van der Waals surface area contributed by atoms with E-state index in [4.69, 9.17) is 10.5 Å². The van der Waals surface area contributed by atoms with E-state index in [0.717, 1.165) is 0 Å². The van der Waals surface area contributed by atoms with Gasteiger partial charge in [-0.2, -0.15) is 0 Å². The number of nitrogens with one attached hydrogen (secondary N) is 1. The fraction of sp³-hybridized carbons (Fsp3) is 0.462. The van der Waals surface area contributed by atoms with Crippen LogP contribution in [-0.4, -0.2) is 37.1 Å². The van der Waals surface area contributed by atoms with E-state index >= 15 is 0 Å². The number of pyridine rings is 1. The lowest BCUT2D eigenvalue weighted by molar-refractivity contribution is 0.0956. The van der Waals surface area contributed by atoms with Gasteiger partial charge in [0.15, 0.2) is 0 Å². The number of hydrogen-bond acceptors (Lipinski definition) is 4. The Bertz CT molecular complexity index is 548. The zero-order chi connectivity index (χ0) is 13.6. The molecule has 2 fully saturated rings. The first-order valence-electron chi connectivity index (χ1n) is 6.23. The second-order valence-corrected chi connectivity index (χ2v) is 4.96. The van der Waals surface area contributed by atoms with Gasteiger partial charge in [0.1, 0.15) is 5.69 Å². The van der Waals surface area contributed by atoms with Crippen LogP contribution in [0.2, 0.25) is 0 Å². The molecule has 100 valence electrons. The summed E-state index contributed by atoms with van der Waals surface area (Å²) in [6.45, 7) is 1.35. The van der Waals surface area contributed by atoms with Crippen molar-refractivity contribution in [3.05, 3.63) is 29.1 Å². The summed E-state index contributed by atoms with van der Waals surface area (Å²) in [4.78, 5) is 27.6. The first kappa shape index (κ1) is 12.1. The molecule has 1 saturated carbocycles. The quantitative estimate of drug-likeness (QED) is 0.794. The third-order valence-electron chi connectivity index (χ3n) is 3.98. The standard InChI is InChI=1S/C13H15N3O3/c1-15-13(18)11-10(6(12(14)17)2-3-16-11)9-7-4-19-5-8(7)9/h2-3,7-9H,4-5H2,1H3,(H2,14,17)(H,15,18)/t7-,8+,9?. The van der Waals surface area contributed by atoms with Crippen LogP contribution in [0.1, 0.15) is 32.3 Å². The molecule has 0 aromatic carbocycles. The van der Waals surface area contributed by atoms with E-state index in [1.54, 1.807) is 13.1 Å². The average molecular weight is 261 g/mol. The predicted octanol–water partition coefficient (Wildman–Crippen LogP) is -0.100. The van der Waals surface area contributed by atoms with E-state index < -0.39 is 5.91 Å². The van der Waals surface area contributed by atoms with Crippen LogP contribution >= 0.6 is 0 Å². The van der Waals surface area contributed by atoms with Crippen molar-refractivity contribution in [2.75, 3.05) is 20.3 Å². The zero-order valence-corrected chi connectivity index (χ0v) is 10.6. The van der Waals surface area contributed by atoms with Crippen LogP contribution in [0.15, 0.2) is 12.3 Å². The van der Waals surface area contributed by atoms with Crippen LogP contribution in [-0.2, 0) is 4.74 Å². The van der Waals surface area contributed by atoms with E-state index in [0.29, 0.717) is 41.9 Å². The highest BCUT2D eigenvalue weighted by Crippen LogP contribution is 2.58. The summed E-state index contributed by atoms with van der Waals surface area (Å²) in [5.74, 6) is 0.117. The third-order valence-corrected chi connectivity index (χ3v) is 3.98. The number of aromatic nitrogens is 1. The van der Waals surface area contributed by atoms with E-state index in [1.807, 2.05) is 0 Å². The molecule has 3 rings (SSSR count). The molecule has 1 aliphatic carbocycles. The van der Waals surface area contributed by atoms with Crippen molar-refractivity contribution >= 4 is 11.8 Å². The SMILES string of the molecule is CNC(=O)c1nccc(C(N)=O)c1C1[C@H]2COC[C@@H]12. The van der Waals surface area contributed by atoms with Gasteiger partial charge in [0.2, 0.25) is 5.91 Å². The molecule has 19 heavy (non-hydrogen) atoms. The number of hydrogen-bond donors (Lipinski definition) is 2. The minimum absolute atomic E-state index is 0.164. The number of fused-ring (bicyclic) bond motifs is 1. The lowest BCUT2D eigenvalue weighted by atomic mass is 9.98. The molecule has 1 saturated heterocycles. The van der Waals surface area contributed by atoms with Crippen LogP contribution in [0.5, 0.6) is 0 Å². The van der Waals surface area contributed by atoms with Gasteiger partial charge in [-0.3, -0.25) is 14.6 Å². The smallest absolute Gasteiger partial charge is 0.269 e. The summed E-state index contributed by atoms with van der Waals surface area (Å²) in [7, 11) is 1.54. The summed E-state index contributed by atoms with van der Waals surface area (Å²) >= 11 is 0. The van der Waals surface area contributed by atoms with Crippen molar-refractivity contribution < 1.29 is 14.3 Å². The van der Waals surface area contributed by atoms with E-state index in [9.17, 15) is 9.59 Å². The highest BCUT2D eigenvalue weighted by Gasteiger charge is 2.56. The highest BCUT2D eigenvalue weighted by molar-refractivity contribution is 6.00. The molecule has 3 atom stereocenters. The maximum absolute atomic E-state index is 11.9. The number of primary amides is 1.